The lowest BCUT2D eigenvalue weighted by Crippen LogP contribution is -2.30. The second-order valence-corrected chi connectivity index (χ2v) is 5.71. The highest BCUT2D eigenvalue weighted by atomic mass is 16.5. The molecule has 2 aromatic rings. The van der Waals surface area contributed by atoms with Crippen molar-refractivity contribution in [2.45, 2.75) is 45.8 Å². The molecule has 0 saturated heterocycles. The van der Waals surface area contributed by atoms with E-state index in [0.717, 1.165) is 11.3 Å². The van der Waals surface area contributed by atoms with Crippen LogP contribution in [0, 0.1) is 0 Å². The molecular weight excluding hydrogens is 254 g/mol. The number of nitrogens with two attached hydrogens (primary N) is 1. The molecule has 0 atom stereocenters. The molecule has 1 aromatic carbocycles. The van der Waals surface area contributed by atoms with Crippen LogP contribution in [0.4, 0.5) is 0 Å². The fourth-order valence-corrected chi connectivity index (χ4v) is 1.80. The molecule has 2 N–H and O–H groups in total. The zero-order chi connectivity index (χ0) is 14.8. The highest BCUT2D eigenvalue weighted by Gasteiger charge is 2.21. The van der Waals surface area contributed by atoms with E-state index in [1.54, 1.807) is 0 Å². The molecule has 0 bridgehead atoms. The van der Waals surface area contributed by atoms with Gasteiger partial charge in [-0.2, -0.15) is 4.98 Å². The number of nitrogens with zero attached hydrogens (tertiary/aromatic N) is 2. The van der Waals surface area contributed by atoms with Gasteiger partial charge in [-0.15, -0.1) is 0 Å². The number of aromatic nitrogens is 2. The Balaban J connectivity index is 2.08. The van der Waals surface area contributed by atoms with E-state index < -0.39 is 5.54 Å². The summed E-state index contributed by atoms with van der Waals surface area (Å²) < 4.78 is 10.9. The largest absolute Gasteiger partial charge is 0.483 e. The third kappa shape index (κ3) is 3.36. The molecule has 20 heavy (non-hydrogen) atoms. The minimum absolute atomic E-state index is 0.243. The SMILES string of the molecule is CC(C)c1ccccc1OCc1nc(C(C)(C)N)no1. The van der Waals surface area contributed by atoms with Gasteiger partial charge in [0.15, 0.2) is 12.4 Å². The van der Waals surface area contributed by atoms with Gasteiger partial charge in [0.25, 0.3) is 5.89 Å². The molecule has 0 unspecified atom stereocenters. The number of para-hydroxylation sites is 1. The molecule has 0 spiro atoms. The van der Waals surface area contributed by atoms with Crippen molar-refractivity contribution in [1.29, 1.82) is 0 Å². The molecule has 0 amide bonds. The zero-order valence-electron chi connectivity index (χ0n) is 12.4. The second kappa shape index (κ2) is 5.63. The molecule has 0 saturated carbocycles. The summed E-state index contributed by atoms with van der Waals surface area (Å²) in [5.74, 6) is 2.15. The van der Waals surface area contributed by atoms with Gasteiger partial charge >= 0.3 is 0 Å². The molecule has 0 aliphatic rings. The van der Waals surface area contributed by atoms with Gasteiger partial charge < -0.3 is 15.0 Å². The van der Waals surface area contributed by atoms with Gasteiger partial charge in [-0.1, -0.05) is 37.2 Å². The van der Waals surface area contributed by atoms with Crippen LogP contribution >= 0.6 is 0 Å². The average molecular weight is 275 g/mol. The molecule has 0 radical (unpaired) electrons. The second-order valence-electron chi connectivity index (χ2n) is 5.71. The summed E-state index contributed by atoms with van der Waals surface area (Å²) in [5.41, 5.74) is 6.46. The van der Waals surface area contributed by atoms with Gasteiger partial charge in [-0.3, -0.25) is 0 Å². The standard InChI is InChI=1S/C15H21N3O2/c1-10(2)11-7-5-6-8-12(11)19-9-13-17-14(18-20-13)15(3,4)16/h5-8,10H,9,16H2,1-4H3. The van der Waals surface area contributed by atoms with E-state index in [9.17, 15) is 0 Å². The van der Waals surface area contributed by atoms with Crippen molar-refractivity contribution in [2.75, 3.05) is 0 Å². The summed E-state index contributed by atoms with van der Waals surface area (Å²) in [4.78, 5) is 4.24. The highest BCUT2D eigenvalue weighted by molar-refractivity contribution is 5.35. The summed E-state index contributed by atoms with van der Waals surface area (Å²) in [6.07, 6.45) is 0. The van der Waals surface area contributed by atoms with Crippen LogP contribution in [0.1, 0.15) is 50.9 Å². The lowest BCUT2D eigenvalue weighted by atomic mass is 10.0. The zero-order valence-corrected chi connectivity index (χ0v) is 12.4. The molecule has 5 heteroatoms. The third-order valence-corrected chi connectivity index (χ3v) is 2.94. The van der Waals surface area contributed by atoms with Crippen molar-refractivity contribution < 1.29 is 9.26 Å². The van der Waals surface area contributed by atoms with Crippen molar-refractivity contribution in [3.05, 3.63) is 41.5 Å². The van der Waals surface area contributed by atoms with Crippen molar-refractivity contribution in [2.24, 2.45) is 5.73 Å². The lowest BCUT2D eigenvalue weighted by Gasteiger charge is -2.12. The Hall–Kier alpha value is -1.88. The van der Waals surface area contributed by atoms with E-state index in [1.165, 1.54) is 0 Å². The molecule has 5 nitrogen and oxygen atoms in total. The first-order chi connectivity index (χ1) is 9.38. The van der Waals surface area contributed by atoms with E-state index in [1.807, 2.05) is 32.0 Å². The number of benzene rings is 1. The first-order valence-corrected chi connectivity index (χ1v) is 6.71. The molecule has 0 fully saturated rings. The minimum atomic E-state index is -0.614. The Morgan fingerprint density at radius 2 is 2.00 bits per heavy atom. The predicted molar refractivity (Wildman–Crippen MR) is 76.4 cm³/mol. The van der Waals surface area contributed by atoms with Gasteiger partial charge in [0.05, 0.1) is 5.54 Å². The van der Waals surface area contributed by atoms with Crippen LogP contribution < -0.4 is 10.5 Å². The Morgan fingerprint density at radius 1 is 1.30 bits per heavy atom. The number of hydrogen-bond acceptors (Lipinski definition) is 5. The molecule has 0 aliphatic carbocycles. The predicted octanol–water partition coefficient (Wildman–Crippen LogP) is 2.97. The molecule has 0 aliphatic heterocycles. The number of rotatable bonds is 5. The maximum Gasteiger partial charge on any atom is 0.264 e. The lowest BCUT2D eigenvalue weighted by molar-refractivity contribution is 0.239. The first kappa shape index (κ1) is 14.5. The fourth-order valence-electron chi connectivity index (χ4n) is 1.80. The van der Waals surface area contributed by atoms with Crippen LogP contribution in [0.15, 0.2) is 28.8 Å². The summed E-state index contributed by atoms with van der Waals surface area (Å²) in [6, 6.07) is 7.95. The molecule has 1 heterocycles. The van der Waals surface area contributed by atoms with E-state index in [-0.39, 0.29) is 6.61 Å². The Kier molecular flexibility index (Phi) is 4.09. The van der Waals surface area contributed by atoms with Crippen LogP contribution in [0.5, 0.6) is 5.75 Å². The monoisotopic (exact) mass is 275 g/mol. The van der Waals surface area contributed by atoms with Crippen LogP contribution in [-0.2, 0) is 12.1 Å². The van der Waals surface area contributed by atoms with Gasteiger partial charge in [-0.25, -0.2) is 0 Å². The number of hydrogen-bond donors (Lipinski definition) is 1. The Bertz CT molecular complexity index is 570. The van der Waals surface area contributed by atoms with Crippen LogP contribution in [0.3, 0.4) is 0 Å². The summed E-state index contributed by atoms with van der Waals surface area (Å²) >= 11 is 0. The summed E-state index contributed by atoms with van der Waals surface area (Å²) in [7, 11) is 0. The molecule has 1 aromatic heterocycles. The normalized spacial score (nSPS) is 11.9. The Labute approximate surface area is 119 Å². The quantitative estimate of drug-likeness (QED) is 0.908. The van der Waals surface area contributed by atoms with Gasteiger partial charge in [0, 0.05) is 0 Å². The van der Waals surface area contributed by atoms with Crippen molar-refractivity contribution in [1.82, 2.24) is 10.1 Å². The van der Waals surface area contributed by atoms with Gasteiger partial charge in [0.1, 0.15) is 5.75 Å². The maximum absolute atomic E-state index is 5.92. The first-order valence-electron chi connectivity index (χ1n) is 6.71. The maximum atomic E-state index is 5.92. The van der Waals surface area contributed by atoms with Crippen LogP contribution in [0.2, 0.25) is 0 Å². The van der Waals surface area contributed by atoms with Gasteiger partial charge in [-0.05, 0) is 31.4 Å². The smallest absolute Gasteiger partial charge is 0.264 e. The summed E-state index contributed by atoms with van der Waals surface area (Å²) in [6.45, 7) is 8.16. The topological polar surface area (TPSA) is 74.2 Å². The van der Waals surface area contributed by atoms with E-state index in [0.29, 0.717) is 17.6 Å². The van der Waals surface area contributed by atoms with Crippen molar-refractivity contribution in [3.63, 3.8) is 0 Å². The molecule has 108 valence electrons. The Morgan fingerprint density at radius 3 is 2.60 bits per heavy atom. The van der Waals surface area contributed by atoms with E-state index in [2.05, 4.69) is 30.1 Å². The van der Waals surface area contributed by atoms with Crippen molar-refractivity contribution >= 4 is 0 Å². The van der Waals surface area contributed by atoms with Crippen LogP contribution in [-0.4, -0.2) is 10.1 Å². The molecular formula is C15H21N3O2. The van der Waals surface area contributed by atoms with E-state index >= 15 is 0 Å². The molecule has 2 rings (SSSR count). The van der Waals surface area contributed by atoms with Gasteiger partial charge in [0.2, 0.25) is 0 Å². The van der Waals surface area contributed by atoms with Crippen LogP contribution in [0.25, 0.3) is 0 Å². The third-order valence-electron chi connectivity index (χ3n) is 2.94. The number of ether oxygens (including phenoxy) is 1. The van der Waals surface area contributed by atoms with Crippen molar-refractivity contribution in [3.8, 4) is 5.75 Å². The minimum Gasteiger partial charge on any atom is -0.483 e. The summed E-state index contributed by atoms with van der Waals surface area (Å²) in [5, 5.41) is 3.87. The van der Waals surface area contributed by atoms with E-state index in [4.69, 9.17) is 15.0 Å². The average Bonchev–Trinajstić information content (AvgIpc) is 2.85. The fraction of sp³-hybridized carbons (Fsp3) is 0.467. The highest BCUT2D eigenvalue weighted by Crippen LogP contribution is 2.26.